The van der Waals surface area contributed by atoms with E-state index in [1.807, 2.05) is 0 Å². The molecule has 2 rings (SSSR count). The second-order valence-corrected chi connectivity index (χ2v) is 1.87. The highest BCUT2D eigenvalue weighted by molar-refractivity contribution is 5.81. The van der Waals surface area contributed by atoms with E-state index in [-0.39, 0.29) is 5.88 Å². The topological polar surface area (TPSA) is 74.7 Å². The summed E-state index contributed by atoms with van der Waals surface area (Å²) in [5.41, 5.74) is 0.688. The van der Waals surface area contributed by atoms with Crippen molar-refractivity contribution in [2.75, 3.05) is 0 Å². The highest BCUT2D eigenvalue weighted by Gasteiger charge is 2.00. The molecule has 0 saturated carbocycles. The van der Waals surface area contributed by atoms with Gasteiger partial charge in [0.2, 0.25) is 5.88 Å². The Kier molecular flexibility index (Phi) is 0.858. The van der Waals surface area contributed by atoms with Crippen LogP contribution in [0.15, 0.2) is 12.4 Å². The monoisotopic (exact) mass is 136 g/mol. The van der Waals surface area contributed by atoms with Gasteiger partial charge in [0.25, 0.3) is 0 Å². The van der Waals surface area contributed by atoms with Gasteiger partial charge in [0.15, 0.2) is 0 Å². The average molecular weight is 136 g/mol. The molecule has 5 heteroatoms. The maximum absolute atomic E-state index is 9.03. The maximum Gasteiger partial charge on any atom is 0.242 e. The molecule has 0 radical (unpaired) electrons. The largest absolute Gasteiger partial charge is 0.492 e. The summed E-state index contributed by atoms with van der Waals surface area (Å²) in [6, 6.07) is 0. The highest BCUT2D eigenvalue weighted by Crippen LogP contribution is 2.16. The molecule has 5 nitrogen and oxygen atoms in total. The molecule has 0 fully saturated rings. The Bertz CT molecular complexity index is 355. The van der Waals surface area contributed by atoms with Crippen molar-refractivity contribution in [2.45, 2.75) is 0 Å². The van der Waals surface area contributed by atoms with Crippen molar-refractivity contribution < 1.29 is 5.11 Å². The SMILES string of the molecule is Oc1nncc2[nH]ncc12. The smallest absolute Gasteiger partial charge is 0.242 e. The summed E-state index contributed by atoms with van der Waals surface area (Å²) in [7, 11) is 0. The first-order valence-corrected chi connectivity index (χ1v) is 2.71. The first kappa shape index (κ1) is 5.16. The van der Waals surface area contributed by atoms with E-state index in [0.717, 1.165) is 0 Å². The van der Waals surface area contributed by atoms with E-state index in [0.29, 0.717) is 10.9 Å². The van der Waals surface area contributed by atoms with Crippen LogP contribution in [-0.4, -0.2) is 25.5 Å². The van der Waals surface area contributed by atoms with E-state index in [1.165, 1.54) is 12.4 Å². The van der Waals surface area contributed by atoms with Gasteiger partial charge in [-0.25, -0.2) is 0 Å². The number of aromatic amines is 1. The van der Waals surface area contributed by atoms with E-state index in [2.05, 4.69) is 20.4 Å². The second-order valence-electron chi connectivity index (χ2n) is 1.87. The zero-order valence-electron chi connectivity index (χ0n) is 4.94. The van der Waals surface area contributed by atoms with Crippen LogP contribution >= 0.6 is 0 Å². The summed E-state index contributed by atoms with van der Waals surface area (Å²) in [5.74, 6) is -0.0914. The zero-order valence-corrected chi connectivity index (χ0v) is 4.94. The van der Waals surface area contributed by atoms with Crippen molar-refractivity contribution in [3.63, 3.8) is 0 Å². The molecule has 0 aliphatic rings. The molecular weight excluding hydrogens is 132 g/mol. The predicted molar refractivity (Wildman–Crippen MR) is 33.3 cm³/mol. The Morgan fingerprint density at radius 1 is 1.40 bits per heavy atom. The summed E-state index contributed by atoms with van der Waals surface area (Å²) >= 11 is 0. The fraction of sp³-hybridized carbons (Fsp3) is 0. The number of rotatable bonds is 0. The van der Waals surface area contributed by atoms with Crippen LogP contribution in [0.2, 0.25) is 0 Å². The second kappa shape index (κ2) is 1.66. The number of nitrogens with zero attached hydrogens (tertiary/aromatic N) is 3. The van der Waals surface area contributed by atoms with Gasteiger partial charge >= 0.3 is 0 Å². The Morgan fingerprint density at radius 2 is 2.30 bits per heavy atom. The van der Waals surface area contributed by atoms with Crippen LogP contribution < -0.4 is 0 Å². The third kappa shape index (κ3) is 0.540. The summed E-state index contributed by atoms with van der Waals surface area (Å²) in [5, 5.41) is 22.9. The van der Waals surface area contributed by atoms with Crippen LogP contribution in [0.5, 0.6) is 5.88 Å². The summed E-state index contributed by atoms with van der Waals surface area (Å²) in [6.07, 6.45) is 3.00. The minimum Gasteiger partial charge on any atom is -0.492 e. The van der Waals surface area contributed by atoms with Gasteiger partial charge in [-0.2, -0.15) is 10.2 Å². The first-order valence-electron chi connectivity index (χ1n) is 2.71. The van der Waals surface area contributed by atoms with Crippen molar-refractivity contribution in [3.8, 4) is 5.88 Å². The van der Waals surface area contributed by atoms with Crippen LogP contribution in [0.1, 0.15) is 0 Å². The summed E-state index contributed by atoms with van der Waals surface area (Å²) in [6.45, 7) is 0. The van der Waals surface area contributed by atoms with Gasteiger partial charge in [0.1, 0.15) is 0 Å². The number of aromatic hydroxyl groups is 1. The molecule has 0 bridgehead atoms. The molecule has 0 aliphatic carbocycles. The number of aromatic nitrogens is 4. The Balaban J connectivity index is 2.95. The molecule has 0 atom stereocenters. The summed E-state index contributed by atoms with van der Waals surface area (Å²) in [4.78, 5) is 0. The molecule has 0 aliphatic heterocycles. The van der Waals surface area contributed by atoms with E-state index in [1.54, 1.807) is 0 Å². The number of nitrogens with one attached hydrogen (secondary N) is 1. The number of hydrogen-bond acceptors (Lipinski definition) is 4. The molecule has 2 N–H and O–H groups in total. The molecule has 2 aromatic heterocycles. The van der Waals surface area contributed by atoms with E-state index >= 15 is 0 Å². The molecule has 0 unspecified atom stereocenters. The van der Waals surface area contributed by atoms with Crippen molar-refractivity contribution in [2.24, 2.45) is 0 Å². The lowest BCUT2D eigenvalue weighted by Crippen LogP contribution is -1.79. The van der Waals surface area contributed by atoms with Gasteiger partial charge in [0, 0.05) is 0 Å². The molecule has 0 aromatic carbocycles. The Hall–Kier alpha value is -1.65. The normalized spacial score (nSPS) is 10.4. The molecule has 10 heavy (non-hydrogen) atoms. The standard InChI is InChI=1S/C5H4N4O/c10-5-3-1-6-8-4(3)2-7-9-5/h1-2H,(H,6,8)(H,9,10). The van der Waals surface area contributed by atoms with Crippen molar-refractivity contribution in [1.82, 2.24) is 20.4 Å². The summed E-state index contributed by atoms with van der Waals surface area (Å²) < 4.78 is 0. The van der Waals surface area contributed by atoms with Crippen LogP contribution in [0.4, 0.5) is 0 Å². The average Bonchev–Trinajstić information content (AvgIpc) is 2.36. The zero-order chi connectivity index (χ0) is 6.97. The molecule has 2 aromatic rings. The molecule has 0 amide bonds. The van der Waals surface area contributed by atoms with Gasteiger partial charge in [-0.05, 0) is 0 Å². The van der Waals surface area contributed by atoms with Crippen LogP contribution in [0.3, 0.4) is 0 Å². The van der Waals surface area contributed by atoms with Gasteiger partial charge in [-0.3, -0.25) is 5.10 Å². The van der Waals surface area contributed by atoms with Crippen molar-refractivity contribution >= 4 is 10.9 Å². The predicted octanol–water partition coefficient (Wildman–Crippen LogP) is 0.0585. The minimum absolute atomic E-state index is 0.0914. The highest BCUT2D eigenvalue weighted by atomic mass is 16.3. The third-order valence-electron chi connectivity index (χ3n) is 1.25. The Morgan fingerprint density at radius 3 is 3.10 bits per heavy atom. The van der Waals surface area contributed by atoms with Gasteiger partial charge in [-0.1, -0.05) is 0 Å². The van der Waals surface area contributed by atoms with Crippen LogP contribution in [0, 0.1) is 0 Å². The number of hydrogen-bond donors (Lipinski definition) is 2. The van der Waals surface area contributed by atoms with Crippen molar-refractivity contribution in [1.29, 1.82) is 0 Å². The lowest BCUT2D eigenvalue weighted by molar-refractivity contribution is 0.452. The van der Waals surface area contributed by atoms with Crippen LogP contribution in [-0.2, 0) is 0 Å². The van der Waals surface area contributed by atoms with Crippen molar-refractivity contribution in [3.05, 3.63) is 12.4 Å². The molecular formula is C5H4N4O. The molecule has 50 valence electrons. The van der Waals surface area contributed by atoms with Crippen LogP contribution in [0.25, 0.3) is 10.9 Å². The maximum atomic E-state index is 9.03. The Labute approximate surface area is 55.7 Å². The lowest BCUT2D eigenvalue weighted by Gasteiger charge is -1.87. The molecule has 0 saturated heterocycles. The van der Waals surface area contributed by atoms with E-state index in [4.69, 9.17) is 5.11 Å². The number of H-pyrrole nitrogens is 1. The molecule has 0 spiro atoms. The fourth-order valence-electron chi connectivity index (χ4n) is 0.768. The van der Waals surface area contributed by atoms with E-state index < -0.39 is 0 Å². The lowest BCUT2D eigenvalue weighted by atomic mass is 10.4. The minimum atomic E-state index is -0.0914. The van der Waals surface area contributed by atoms with E-state index in [9.17, 15) is 0 Å². The molecule has 2 heterocycles. The van der Waals surface area contributed by atoms with Gasteiger partial charge in [0.05, 0.1) is 23.3 Å². The first-order chi connectivity index (χ1) is 4.88. The quantitative estimate of drug-likeness (QED) is 0.537. The fourth-order valence-corrected chi connectivity index (χ4v) is 0.768. The van der Waals surface area contributed by atoms with Gasteiger partial charge in [-0.15, -0.1) is 5.10 Å². The third-order valence-corrected chi connectivity index (χ3v) is 1.25. The van der Waals surface area contributed by atoms with Gasteiger partial charge < -0.3 is 5.11 Å². The number of fused-ring (bicyclic) bond motifs is 1.